The number of aryl methyl sites for hydroxylation is 2. The monoisotopic (exact) mass is 433 g/mol. The van der Waals surface area contributed by atoms with Gasteiger partial charge in [0.25, 0.3) is 0 Å². The van der Waals surface area contributed by atoms with Crippen LogP contribution in [0.1, 0.15) is 41.5 Å². The Labute approximate surface area is 166 Å². The summed E-state index contributed by atoms with van der Waals surface area (Å²) in [5.41, 5.74) is 5.00. The van der Waals surface area contributed by atoms with E-state index in [2.05, 4.69) is 11.4 Å². The summed E-state index contributed by atoms with van der Waals surface area (Å²) in [6, 6.07) is 1.18. The molecule has 160 valence electrons. The number of rotatable bonds is 6. The van der Waals surface area contributed by atoms with Gasteiger partial charge in [-0.1, -0.05) is 6.07 Å². The van der Waals surface area contributed by atoms with Crippen molar-refractivity contribution in [1.29, 1.82) is 0 Å². The van der Waals surface area contributed by atoms with Gasteiger partial charge in [-0.3, -0.25) is 4.79 Å². The first-order valence-corrected chi connectivity index (χ1v) is 11.0. The molecule has 0 aromatic heterocycles. The van der Waals surface area contributed by atoms with Gasteiger partial charge in [-0.25, -0.2) is 17.9 Å². The summed E-state index contributed by atoms with van der Waals surface area (Å²) < 4.78 is 62.0. The van der Waals surface area contributed by atoms with Crippen LogP contribution in [0.2, 0.25) is 0 Å². The van der Waals surface area contributed by atoms with Crippen LogP contribution in [0, 0.1) is 0 Å². The second kappa shape index (κ2) is 8.21. The maximum absolute atomic E-state index is 12.3. The summed E-state index contributed by atoms with van der Waals surface area (Å²) >= 11 is 0. The summed E-state index contributed by atoms with van der Waals surface area (Å²) in [5, 5.41) is 4.50. The molecule has 0 heterocycles. The lowest BCUT2D eigenvalue weighted by molar-refractivity contribution is -0.135. The first-order chi connectivity index (χ1) is 13.5. The molecule has 0 saturated carbocycles. The van der Waals surface area contributed by atoms with Gasteiger partial charge >= 0.3 is 12.2 Å². The number of alkyl halides is 3. The Balaban J connectivity index is 1.60. The number of carbonyl (C=O) groups is 2. The normalized spacial score (nSPS) is 15.6. The van der Waals surface area contributed by atoms with Gasteiger partial charge in [0.05, 0.1) is 6.42 Å². The van der Waals surface area contributed by atoms with Crippen LogP contribution in [0.15, 0.2) is 6.07 Å². The number of hydrogen-bond acceptors (Lipinski definition) is 4. The van der Waals surface area contributed by atoms with Crippen molar-refractivity contribution in [3.8, 4) is 0 Å². The van der Waals surface area contributed by atoms with Gasteiger partial charge in [-0.05, 0) is 60.8 Å². The highest BCUT2D eigenvalue weighted by atomic mass is 32.2. The van der Waals surface area contributed by atoms with Crippen LogP contribution in [0.3, 0.4) is 0 Å². The van der Waals surface area contributed by atoms with Crippen molar-refractivity contribution < 1.29 is 31.2 Å². The molecular weight excluding hydrogens is 411 g/mol. The Morgan fingerprint density at radius 2 is 1.59 bits per heavy atom. The number of fused-ring (bicyclic) bond motifs is 2. The zero-order valence-electron chi connectivity index (χ0n) is 15.6. The van der Waals surface area contributed by atoms with Crippen LogP contribution in [0.5, 0.6) is 0 Å². The van der Waals surface area contributed by atoms with Crippen molar-refractivity contribution in [2.45, 2.75) is 51.1 Å². The first-order valence-electron chi connectivity index (χ1n) is 9.35. The third-order valence-electron chi connectivity index (χ3n) is 5.01. The summed E-state index contributed by atoms with van der Waals surface area (Å²) in [4.78, 5) is 23.8. The lowest BCUT2D eigenvalue weighted by Gasteiger charge is -2.16. The Bertz CT molecular complexity index is 897. The fourth-order valence-corrected chi connectivity index (χ4v) is 4.70. The topological polar surface area (TPSA) is 104 Å². The minimum Gasteiger partial charge on any atom is -0.355 e. The summed E-state index contributed by atoms with van der Waals surface area (Å²) in [7, 11) is -4.35. The van der Waals surface area contributed by atoms with Gasteiger partial charge in [-0.15, -0.1) is 0 Å². The van der Waals surface area contributed by atoms with E-state index in [0.29, 0.717) is 5.69 Å². The average molecular weight is 433 g/mol. The maximum atomic E-state index is 12.3. The quantitative estimate of drug-likeness (QED) is 0.640. The minimum absolute atomic E-state index is 0.648. The molecule has 0 bridgehead atoms. The molecule has 2 aliphatic carbocycles. The Hall–Kier alpha value is -2.30. The van der Waals surface area contributed by atoms with Gasteiger partial charge in [0.15, 0.2) is 0 Å². The molecule has 1 aromatic carbocycles. The van der Waals surface area contributed by atoms with Crippen molar-refractivity contribution in [3.05, 3.63) is 28.3 Å². The molecule has 0 radical (unpaired) electrons. The molecule has 29 heavy (non-hydrogen) atoms. The number of benzene rings is 1. The highest BCUT2D eigenvalue weighted by molar-refractivity contribution is 7.90. The largest absolute Gasteiger partial charge is 0.390 e. The zero-order valence-corrected chi connectivity index (χ0v) is 16.4. The van der Waals surface area contributed by atoms with Crippen molar-refractivity contribution in [1.82, 2.24) is 10.0 Å². The molecule has 0 atom stereocenters. The number of amides is 3. The molecule has 1 aromatic rings. The number of carbonyl (C=O) groups excluding carboxylic acids is 2. The van der Waals surface area contributed by atoms with Gasteiger partial charge in [0, 0.05) is 12.2 Å². The summed E-state index contributed by atoms with van der Waals surface area (Å²) in [6.45, 7) is -0.730. The lowest BCUT2D eigenvalue weighted by atomic mass is 9.99. The zero-order chi connectivity index (χ0) is 21.2. The number of halogens is 3. The van der Waals surface area contributed by atoms with E-state index < -0.39 is 46.9 Å². The van der Waals surface area contributed by atoms with E-state index in [0.717, 1.165) is 60.8 Å². The smallest absolute Gasteiger partial charge is 0.355 e. The van der Waals surface area contributed by atoms with Gasteiger partial charge < -0.3 is 10.6 Å². The van der Waals surface area contributed by atoms with Crippen molar-refractivity contribution in [2.24, 2.45) is 0 Å². The highest BCUT2D eigenvalue weighted by Gasteiger charge is 2.28. The minimum atomic E-state index is -4.46. The predicted octanol–water partition coefficient (Wildman–Crippen LogP) is 2.18. The average Bonchev–Trinajstić information content (AvgIpc) is 3.20. The fourth-order valence-electron chi connectivity index (χ4n) is 3.85. The van der Waals surface area contributed by atoms with E-state index in [4.69, 9.17) is 0 Å². The molecule has 0 aliphatic heterocycles. The fraction of sp³-hybridized carbons (Fsp3) is 0.556. The molecule has 3 amide bonds. The van der Waals surface area contributed by atoms with Crippen molar-refractivity contribution >= 4 is 27.6 Å². The number of nitrogens with one attached hydrogen (secondary N) is 3. The number of hydrogen-bond donors (Lipinski definition) is 3. The second-order valence-electron chi connectivity index (χ2n) is 7.26. The van der Waals surface area contributed by atoms with E-state index >= 15 is 0 Å². The molecule has 0 spiro atoms. The molecule has 0 fully saturated rings. The van der Waals surface area contributed by atoms with Crippen LogP contribution >= 0.6 is 0 Å². The van der Waals surface area contributed by atoms with E-state index in [-0.39, 0.29) is 0 Å². The van der Waals surface area contributed by atoms with E-state index in [1.165, 1.54) is 0 Å². The van der Waals surface area contributed by atoms with Crippen LogP contribution in [0.4, 0.5) is 23.7 Å². The van der Waals surface area contributed by atoms with Crippen LogP contribution < -0.4 is 15.4 Å². The lowest BCUT2D eigenvalue weighted by Crippen LogP contribution is -2.41. The molecule has 3 rings (SSSR count). The number of sulfonamides is 1. The number of anilines is 1. The molecule has 2 aliphatic rings. The van der Waals surface area contributed by atoms with Gasteiger partial charge in [0.2, 0.25) is 15.9 Å². The molecule has 0 unspecified atom stereocenters. The molecule has 3 N–H and O–H groups in total. The predicted molar refractivity (Wildman–Crippen MR) is 100 cm³/mol. The molecular formula is C18H22F3N3O4S. The van der Waals surface area contributed by atoms with Gasteiger partial charge in [-0.2, -0.15) is 13.2 Å². The molecule has 7 nitrogen and oxygen atoms in total. The number of urea groups is 1. The van der Waals surface area contributed by atoms with Crippen LogP contribution in [0.25, 0.3) is 0 Å². The third kappa shape index (κ3) is 5.62. The Morgan fingerprint density at radius 1 is 1.00 bits per heavy atom. The summed E-state index contributed by atoms with van der Waals surface area (Å²) in [6.07, 6.45) is -0.378. The van der Waals surface area contributed by atoms with Crippen LogP contribution in [-0.2, 0) is 40.5 Å². The first kappa shape index (κ1) is 21.4. The van der Waals surface area contributed by atoms with E-state index in [1.807, 2.05) is 5.32 Å². The maximum Gasteiger partial charge on any atom is 0.390 e. The van der Waals surface area contributed by atoms with Crippen LogP contribution in [-0.4, -0.2) is 38.8 Å². The van der Waals surface area contributed by atoms with Gasteiger partial charge in [0.1, 0.15) is 5.75 Å². The Morgan fingerprint density at radius 3 is 2.14 bits per heavy atom. The molecule has 0 saturated heterocycles. The third-order valence-corrected chi connectivity index (χ3v) is 6.15. The highest BCUT2D eigenvalue weighted by Crippen LogP contribution is 2.38. The Kier molecular flexibility index (Phi) is 6.06. The standard InChI is InChI=1S/C18H22F3N3O4S/c19-18(20,21)7-8-22-15(25)10-29(27,28)24-17(26)23-16-13-5-1-3-11(13)9-12-4-2-6-14(12)16/h9H,1-8,10H2,(H,22,25)(H2,23,24,26). The second-order valence-corrected chi connectivity index (χ2v) is 8.99. The van der Waals surface area contributed by atoms with E-state index in [1.54, 1.807) is 4.72 Å². The summed E-state index contributed by atoms with van der Waals surface area (Å²) in [5.74, 6) is -2.25. The SMILES string of the molecule is O=C(CS(=O)(=O)NC(=O)Nc1c2c(cc3c1CCC3)CCC2)NCCC(F)(F)F. The molecule has 11 heteroatoms. The van der Waals surface area contributed by atoms with Crippen molar-refractivity contribution in [3.63, 3.8) is 0 Å². The van der Waals surface area contributed by atoms with Crippen molar-refractivity contribution in [2.75, 3.05) is 17.6 Å². The van der Waals surface area contributed by atoms with E-state index in [9.17, 15) is 31.2 Å².